The van der Waals surface area contributed by atoms with Gasteiger partial charge in [0.25, 0.3) is 5.56 Å². The molecule has 8 nitrogen and oxygen atoms in total. The van der Waals surface area contributed by atoms with Crippen LogP contribution in [0.15, 0.2) is 23.0 Å². The number of aromatic nitrogens is 2. The van der Waals surface area contributed by atoms with Gasteiger partial charge in [-0.2, -0.15) is 11.8 Å². The summed E-state index contributed by atoms with van der Waals surface area (Å²) in [7, 11) is -3.20. The van der Waals surface area contributed by atoms with Crippen LogP contribution >= 0.6 is 11.8 Å². The summed E-state index contributed by atoms with van der Waals surface area (Å²) in [6.45, 7) is 1.00. The molecule has 0 amide bonds. The van der Waals surface area contributed by atoms with Crippen molar-refractivity contribution in [3.63, 3.8) is 0 Å². The first-order chi connectivity index (χ1) is 14.8. The third-order valence-electron chi connectivity index (χ3n) is 6.08. The number of aliphatic hydroxyl groups is 1. The normalized spacial score (nSPS) is 25.5. The van der Waals surface area contributed by atoms with Crippen LogP contribution in [0.25, 0.3) is 10.9 Å². The van der Waals surface area contributed by atoms with Gasteiger partial charge in [-0.1, -0.05) is 0 Å². The second-order valence-corrected chi connectivity index (χ2v) is 11.9. The Labute approximate surface area is 186 Å². The molecule has 1 aromatic carbocycles. The van der Waals surface area contributed by atoms with E-state index < -0.39 is 10.0 Å². The van der Waals surface area contributed by atoms with Crippen molar-refractivity contribution < 1.29 is 13.5 Å². The minimum Gasteiger partial charge on any atom is -0.393 e. The molecule has 1 atom stereocenters. The standard InChI is InChI=1S/C21H30N4O4S2/c1-31(28,29)25-10-2-3-15(12-25)22-14-4-9-18-19(11-14)23-20(24-21(18)27)13-30-17-7-5-16(26)6-8-17/h4,9,11,15-17,22,26H,2-3,5-8,10,12-13H2,1H3,(H,23,24,27)/t15-,16?,17?/m1/s1. The van der Waals surface area contributed by atoms with Gasteiger partial charge in [0, 0.05) is 30.1 Å². The zero-order valence-electron chi connectivity index (χ0n) is 17.7. The van der Waals surface area contributed by atoms with Crippen LogP contribution in [0.2, 0.25) is 0 Å². The summed E-state index contributed by atoms with van der Waals surface area (Å²) < 4.78 is 25.2. The van der Waals surface area contributed by atoms with Crippen molar-refractivity contribution in [1.29, 1.82) is 0 Å². The molecule has 170 valence electrons. The van der Waals surface area contributed by atoms with E-state index in [-0.39, 0.29) is 17.7 Å². The number of nitrogens with one attached hydrogen (secondary N) is 2. The summed E-state index contributed by atoms with van der Waals surface area (Å²) >= 11 is 1.78. The average molecular weight is 467 g/mol. The van der Waals surface area contributed by atoms with Gasteiger partial charge in [-0.3, -0.25) is 4.79 Å². The lowest BCUT2D eigenvalue weighted by atomic mass is 9.97. The minimum absolute atomic E-state index is 0.0274. The van der Waals surface area contributed by atoms with Crippen LogP contribution < -0.4 is 10.9 Å². The first-order valence-corrected chi connectivity index (χ1v) is 13.7. The number of rotatable bonds is 6. The van der Waals surface area contributed by atoms with Gasteiger partial charge >= 0.3 is 0 Å². The maximum Gasteiger partial charge on any atom is 0.258 e. The van der Waals surface area contributed by atoms with E-state index in [0.717, 1.165) is 44.2 Å². The summed E-state index contributed by atoms with van der Waals surface area (Å²) in [4.78, 5) is 20.1. The number of sulfonamides is 1. The Morgan fingerprint density at radius 1 is 1.26 bits per heavy atom. The quantitative estimate of drug-likeness (QED) is 0.598. The second-order valence-electron chi connectivity index (χ2n) is 8.59. The molecule has 31 heavy (non-hydrogen) atoms. The summed E-state index contributed by atoms with van der Waals surface area (Å²) in [6, 6.07) is 5.51. The fourth-order valence-electron chi connectivity index (χ4n) is 4.35. The minimum atomic E-state index is -3.20. The first-order valence-electron chi connectivity index (χ1n) is 10.8. The molecule has 1 aromatic heterocycles. The van der Waals surface area contributed by atoms with Crippen molar-refractivity contribution in [3.8, 4) is 0 Å². The molecule has 2 aliphatic rings. The predicted octanol–water partition coefficient (Wildman–Crippen LogP) is 2.30. The molecule has 1 saturated carbocycles. The lowest BCUT2D eigenvalue weighted by Gasteiger charge is -2.32. The van der Waals surface area contributed by atoms with Crippen LogP contribution in [-0.2, 0) is 15.8 Å². The fraction of sp³-hybridized carbons (Fsp3) is 0.619. The van der Waals surface area contributed by atoms with Gasteiger partial charge in [-0.15, -0.1) is 0 Å². The summed E-state index contributed by atoms with van der Waals surface area (Å²) in [6.07, 6.45) is 6.44. The van der Waals surface area contributed by atoms with E-state index >= 15 is 0 Å². The van der Waals surface area contributed by atoms with Gasteiger partial charge in [-0.05, 0) is 56.7 Å². The molecule has 0 spiro atoms. The maximum absolute atomic E-state index is 12.5. The highest BCUT2D eigenvalue weighted by Gasteiger charge is 2.26. The van der Waals surface area contributed by atoms with E-state index in [1.165, 1.54) is 10.6 Å². The van der Waals surface area contributed by atoms with Gasteiger partial charge in [0.1, 0.15) is 5.82 Å². The molecule has 1 aliphatic heterocycles. The van der Waals surface area contributed by atoms with Crippen molar-refractivity contribution in [2.24, 2.45) is 0 Å². The highest BCUT2D eigenvalue weighted by molar-refractivity contribution is 7.99. The number of nitrogens with zero attached hydrogens (tertiary/aromatic N) is 2. The topological polar surface area (TPSA) is 115 Å². The highest BCUT2D eigenvalue weighted by atomic mass is 32.2. The molecular weight excluding hydrogens is 436 g/mol. The Morgan fingerprint density at radius 2 is 2.03 bits per heavy atom. The molecule has 1 aliphatic carbocycles. The Morgan fingerprint density at radius 3 is 2.77 bits per heavy atom. The van der Waals surface area contributed by atoms with E-state index in [1.54, 1.807) is 17.8 Å². The van der Waals surface area contributed by atoms with Gasteiger partial charge in [0.05, 0.1) is 29.0 Å². The Balaban J connectivity index is 1.45. The smallest absolute Gasteiger partial charge is 0.258 e. The number of H-pyrrole nitrogens is 1. The summed E-state index contributed by atoms with van der Waals surface area (Å²) in [5.74, 6) is 1.29. The number of aromatic amines is 1. The van der Waals surface area contributed by atoms with Crippen molar-refractivity contribution >= 4 is 38.4 Å². The Bertz CT molecular complexity index is 1080. The van der Waals surface area contributed by atoms with Crippen LogP contribution in [0, 0.1) is 0 Å². The molecule has 0 bridgehead atoms. The molecule has 2 aromatic rings. The number of anilines is 1. The molecule has 4 rings (SSSR count). The molecule has 10 heteroatoms. The lowest BCUT2D eigenvalue weighted by molar-refractivity contribution is 0.132. The summed E-state index contributed by atoms with van der Waals surface area (Å²) in [5.41, 5.74) is 1.33. The third kappa shape index (κ3) is 5.79. The number of hydrogen-bond donors (Lipinski definition) is 3. The zero-order valence-corrected chi connectivity index (χ0v) is 19.3. The molecule has 0 unspecified atom stereocenters. The van der Waals surface area contributed by atoms with Crippen molar-refractivity contribution in [2.45, 2.75) is 61.7 Å². The van der Waals surface area contributed by atoms with E-state index in [9.17, 15) is 18.3 Å². The van der Waals surface area contributed by atoms with E-state index in [1.807, 2.05) is 12.1 Å². The number of hydrogen-bond acceptors (Lipinski definition) is 7. The molecule has 2 heterocycles. The number of aliphatic hydroxyl groups excluding tert-OH is 1. The monoisotopic (exact) mass is 466 g/mol. The largest absolute Gasteiger partial charge is 0.393 e. The molecule has 0 radical (unpaired) electrons. The second kappa shape index (κ2) is 9.48. The lowest BCUT2D eigenvalue weighted by Crippen LogP contribution is -2.44. The number of benzene rings is 1. The number of piperidine rings is 1. The van der Waals surface area contributed by atoms with Crippen LogP contribution in [0.1, 0.15) is 44.3 Å². The van der Waals surface area contributed by atoms with Crippen LogP contribution in [-0.4, -0.2) is 64.5 Å². The molecule has 3 N–H and O–H groups in total. The van der Waals surface area contributed by atoms with Crippen molar-refractivity contribution in [1.82, 2.24) is 14.3 Å². The Kier molecular flexibility index (Phi) is 6.90. The van der Waals surface area contributed by atoms with Crippen molar-refractivity contribution in [3.05, 3.63) is 34.4 Å². The molecule has 1 saturated heterocycles. The predicted molar refractivity (Wildman–Crippen MR) is 125 cm³/mol. The van der Waals surface area contributed by atoms with Gasteiger partial charge < -0.3 is 15.4 Å². The third-order valence-corrected chi connectivity index (χ3v) is 8.73. The van der Waals surface area contributed by atoms with Gasteiger partial charge in [0.2, 0.25) is 10.0 Å². The Hall–Kier alpha value is -1.62. The van der Waals surface area contributed by atoms with E-state index in [2.05, 4.69) is 15.3 Å². The van der Waals surface area contributed by atoms with Crippen LogP contribution in [0.5, 0.6) is 0 Å². The number of fused-ring (bicyclic) bond motifs is 1. The maximum atomic E-state index is 12.5. The summed E-state index contributed by atoms with van der Waals surface area (Å²) in [5, 5.41) is 14.1. The molecule has 2 fully saturated rings. The highest BCUT2D eigenvalue weighted by Crippen LogP contribution is 2.30. The van der Waals surface area contributed by atoms with Gasteiger partial charge in [0.15, 0.2) is 0 Å². The number of thioether (sulfide) groups is 1. The van der Waals surface area contributed by atoms with Crippen LogP contribution in [0.3, 0.4) is 0 Å². The fourth-order valence-corrected chi connectivity index (χ4v) is 6.40. The van der Waals surface area contributed by atoms with Crippen molar-refractivity contribution in [2.75, 3.05) is 24.7 Å². The SMILES string of the molecule is CS(=O)(=O)N1CCC[C@@H](Nc2ccc3c(=O)[nH]c(CSC4CCC(O)CC4)nc3c2)C1. The van der Waals surface area contributed by atoms with Gasteiger partial charge in [-0.25, -0.2) is 17.7 Å². The average Bonchev–Trinajstić information content (AvgIpc) is 2.73. The van der Waals surface area contributed by atoms with E-state index in [0.29, 0.717) is 40.8 Å². The van der Waals surface area contributed by atoms with Crippen LogP contribution in [0.4, 0.5) is 5.69 Å². The molecular formula is C21H30N4O4S2. The first kappa shape index (κ1) is 22.6. The zero-order chi connectivity index (χ0) is 22.0. The van der Waals surface area contributed by atoms with E-state index in [4.69, 9.17) is 0 Å².